The second kappa shape index (κ2) is 2.08. The Morgan fingerprint density at radius 2 is 1.25 bits per heavy atom. The first kappa shape index (κ1) is 6.12. The molecule has 0 aromatic rings. The lowest BCUT2D eigenvalue weighted by molar-refractivity contribution is 0.457. The quantitative estimate of drug-likeness (QED) is 0.452. The van der Waals surface area contributed by atoms with Crippen LogP contribution in [0.5, 0.6) is 0 Å². The van der Waals surface area contributed by atoms with E-state index in [2.05, 4.69) is 20.8 Å². The van der Waals surface area contributed by atoms with Gasteiger partial charge in [0.15, 0.2) is 0 Å². The first-order valence-corrected chi connectivity index (χ1v) is 3.70. The zero-order chi connectivity index (χ0) is 6.15. The van der Waals surface area contributed by atoms with E-state index in [0.717, 1.165) is 17.8 Å². The van der Waals surface area contributed by atoms with Crippen molar-refractivity contribution in [3.63, 3.8) is 0 Å². The molecule has 0 radical (unpaired) electrons. The molecule has 0 saturated heterocycles. The van der Waals surface area contributed by atoms with Gasteiger partial charge in [-0.1, -0.05) is 20.8 Å². The molecule has 1 aliphatic carbocycles. The summed E-state index contributed by atoms with van der Waals surface area (Å²) in [5, 5.41) is 0. The molecule has 0 amide bonds. The van der Waals surface area contributed by atoms with Crippen molar-refractivity contribution >= 4 is 0 Å². The summed E-state index contributed by atoms with van der Waals surface area (Å²) < 4.78 is 0. The highest BCUT2D eigenvalue weighted by Gasteiger charge is 2.24. The van der Waals surface area contributed by atoms with Crippen LogP contribution in [0.4, 0.5) is 0 Å². The summed E-state index contributed by atoms with van der Waals surface area (Å²) in [5.74, 6) is 2.98. The Labute approximate surface area is 52.3 Å². The van der Waals surface area contributed by atoms with Crippen molar-refractivity contribution in [3.05, 3.63) is 0 Å². The molecule has 0 aliphatic heterocycles. The van der Waals surface area contributed by atoms with Gasteiger partial charge < -0.3 is 0 Å². The lowest BCUT2D eigenvalue weighted by atomic mass is 10.0. The van der Waals surface area contributed by atoms with Crippen molar-refractivity contribution in [2.45, 2.75) is 33.6 Å². The van der Waals surface area contributed by atoms with Gasteiger partial charge in [0, 0.05) is 0 Å². The van der Waals surface area contributed by atoms with E-state index >= 15 is 0 Å². The second-order valence-corrected chi connectivity index (χ2v) is 3.53. The summed E-state index contributed by atoms with van der Waals surface area (Å²) in [7, 11) is 0. The van der Waals surface area contributed by atoms with Crippen LogP contribution < -0.4 is 0 Å². The summed E-state index contributed by atoms with van der Waals surface area (Å²) in [5.41, 5.74) is 0. The predicted molar refractivity (Wildman–Crippen MR) is 36.7 cm³/mol. The molecule has 0 heterocycles. The standard InChI is InChI=1S/C8H16/c1-6-4-7(2)8(3)5-6/h6-8H,4-5H2,1-3H3/t6-,7+,8-. The van der Waals surface area contributed by atoms with Crippen LogP contribution >= 0.6 is 0 Å². The Bertz CT molecular complexity index is 66.1. The van der Waals surface area contributed by atoms with Gasteiger partial charge in [-0.2, -0.15) is 0 Å². The van der Waals surface area contributed by atoms with Crippen molar-refractivity contribution in [2.75, 3.05) is 0 Å². The van der Waals surface area contributed by atoms with Crippen LogP contribution in [0, 0.1) is 17.8 Å². The molecule has 1 saturated carbocycles. The topological polar surface area (TPSA) is 0 Å². The van der Waals surface area contributed by atoms with Crippen LogP contribution in [0.15, 0.2) is 0 Å². The zero-order valence-corrected chi connectivity index (χ0v) is 6.15. The Kier molecular flexibility index (Phi) is 1.59. The van der Waals surface area contributed by atoms with Crippen LogP contribution in [0.25, 0.3) is 0 Å². The Morgan fingerprint density at radius 3 is 1.38 bits per heavy atom. The molecule has 0 unspecified atom stereocenters. The van der Waals surface area contributed by atoms with Crippen LogP contribution in [-0.4, -0.2) is 0 Å². The van der Waals surface area contributed by atoms with Gasteiger partial charge in [-0.05, 0) is 30.6 Å². The maximum atomic E-state index is 2.37. The van der Waals surface area contributed by atoms with Gasteiger partial charge >= 0.3 is 0 Å². The van der Waals surface area contributed by atoms with E-state index in [-0.39, 0.29) is 0 Å². The minimum atomic E-state index is 0.991. The summed E-state index contributed by atoms with van der Waals surface area (Å²) >= 11 is 0. The number of hydrogen-bond donors (Lipinski definition) is 0. The number of rotatable bonds is 0. The molecule has 1 aliphatic rings. The first-order valence-electron chi connectivity index (χ1n) is 3.70. The van der Waals surface area contributed by atoms with E-state index in [1.165, 1.54) is 12.8 Å². The average Bonchev–Trinajstić information content (AvgIpc) is 1.85. The fraction of sp³-hybridized carbons (Fsp3) is 1.00. The summed E-state index contributed by atoms with van der Waals surface area (Å²) in [4.78, 5) is 0. The fourth-order valence-corrected chi connectivity index (χ4v) is 1.83. The van der Waals surface area contributed by atoms with Crippen LogP contribution in [0.3, 0.4) is 0 Å². The Morgan fingerprint density at radius 1 is 0.875 bits per heavy atom. The SMILES string of the molecule is C[C@H]1C[C@@H](C)[C@@H](C)C1. The largest absolute Gasteiger partial charge is 0.0625 e. The minimum absolute atomic E-state index is 0.991. The molecule has 0 heteroatoms. The van der Waals surface area contributed by atoms with Crippen molar-refractivity contribution in [2.24, 2.45) is 17.8 Å². The lowest BCUT2D eigenvalue weighted by Gasteiger charge is -2.04. The highest BCUT2D eigenvalue weighted by atomic mass is 14.3. The molecular formula is C8H16. The normalized spacial score (nSPS) is 47.6. The van der Waals surface area contributed by atoms with E-state index in [4.69, 9.17) is 0 Å². The molecule has 0 aromatic heterocycles. The highest BCUT2D eigenvalue weighted by Crippen LogP contribution is 2.34. The molecule has 48 valence electrons. The molecular weight excluding hydrogens is 96.1 g/mol. The maximum Gasteiger partial charge on any atom is -0.0414 e. The third kappa shape index (κ3) is 1.04. The predicted octanol–water partition coefficient (Wildman–Crippen LogP) is 2.69. The molecule has 0 N–H and O–H groups in total. The fourth-order valence-electron chi connectivity index (χ4n) is 1.83. The molecule has 1 fully saturated rings. The van der Waals surface area contributed by atoms with Gasteiger partial charge in [0.05, 0.1) is 0 Å². The first-order chi connectivity index (χ1) is 3.70. The van der Waals surface area contributed by atoms with Gasteiger partial charge in [-0.3, -0.25) is 0 Å². The molecule has 3 atom stereocenters. The van der Waals surface area contributed by atoms with E-state index in [1.54, 1.807) is 0 Å². The second-order valence-electron chi connectivity index (χ2n) is 3.53. The van der Waals surface area contributed by atoms with E-state index < -0.39 is 0 Å². The summed E-state index contributed by atoms with van der Waals surface area (Å²) in [6.45, 7) is 7.10. The van der Waals surface area contributed by atoms with E-state index in [1.807, 2.05) is 0 Å². The highest BCUT2D eigenvalue weighted by molar-refractivity contribution is 4.74. The Balaban J connectivity index is 2.39. The third-order valence-electron chi connectivity index (χ3n) is 2.52. The van der Waals surface area contributed by atoms with Crippen molar-refractivity contribution in [1.29, 1.82) is 0 Å². The minimum Gasteiger partial charge on any atom is -0.0625 e. The Hall–Kier alpha value is 0. The lowest BCUT2D eigenvalue weighted by Crippen LogP contribution is -1.95. The van der Waals surface area contributed by atoms with Crippen molar-refractivity contribution in [3.8, 4) is 0 Å². The molecule has 0 nitrogen and oxygen atoms in total. The molecule has 0 bridgehead atoms. The molecule has 0 spiro atoms. The molecule has 1 rings (SSSR count). The van der Waals surface area contributed by atoms with Crippen LogP contribution in [0.2, 0.25) is 0 Å². The molecule has 0 aromatic carbocycles. The van der Waals surface area contributed by atoms with Crippen molar-refractivity contribution < 1.29 is 0 Å². The maximum absolute atomic E-state index is 2.37. The monoisotopic (exact) mass is 112 g/mol. The van der Waals surface area contributed by atoms with Crippen LogP contribution in [-0.2, 0) is 0 Å². The number of hydrogen-bond acceptors (Lipinski definition) is 0. The smallest absolute Gasteiger partial charge is 0.0414 e. The summed E-state index contributed by atoms with van der Waals surface area (Å²) in [6, 6.07) is 0. The van der Waals surface area contributed by atoms with Gasteiger partial charge in [0.1, 0.15) is 0 Å². The van der Waals surface area contributed by atoms with E-state index in [0.29, 0.717) is 0 Å². The van der Waals surface area contributed by atoms with Gasteiger partial charge in [-0.15, -0.1) is 0 Å². The summed E-state index contributed by atoms with van der Waals surface area (Å²) in [6.07, 6.45) is 2.92. The van der Waals surface area contributed by atoms with Crippen LogP contribution in [0.1, 0.15) is 33.6 Å². The van der Waals surface area contributed by atoms with Gasteiger partial charge in [0.25, 0.3) is 0 Å². The molecule has 8 heavy (non-hydrogen) atoms. The van der Waals surface area contributed by atoms with Crippen molar-refractivity contribution in [1.82, 2.24) is 0 Å². The van der Waals surface area contributed by atoms with E-state index in [9.17, 15) is 0 Å². The average molecular weight is 112 g/mol. The van der Waals surface area contributed by atoms with Gasteiger partial charge in [0.2, 0.25) is 0 Å². The zero-order valence-electron chi connectivity index (χ0n) is 6.15. The van der Waals surface area contributed by atoms with Gasteiger partial charge in [-0.25, -0.2) is 0 Å². The third-order valence-corrected chi connectivity index (χ3v) is 2.52.